The third kappa shape index (κ3) is 4.86. The summed E-state index contributed by atoms with van der Waals surface area (Å²) in [5.74, 6) is -0.162. The Hall–Kier alpha value is -1.04. The molecular formula is C13H21NO4S. The normalized spacial score (nSPS) is 20.9. The highest BCUT2D eigenvalue weighted by Crippen LogP contribution is 2.26. The first-order chi connectivity index (χ1) is 8.81. The van der Waals surface area contributed by atoms with Crippen molar-refractivity contribution in [3.8, 4) is 0 Å². The number of amides is 1. The number of likely N-dealkylation sites (tertiary alicyclic amines) is 1. The van der Waals surface area contributed by atoms with Crippen LogP contribution in [0.25, 0.3) is 0 Å². The lowest BCUT2D eigenvalue weighted by atomic mass is 10.0. The van der Waals surface area contributed by atoms with E-state index in [4.69, 9.17) is 0 Å². The Balaban J connectivity index is 2.64. The molecule has 5 nitrogen and oxygen atoms in total. The zero-order valence-electron chi connectivity index (χ0n) is 11.6. The van der Waals surface area contributed by atoms with Crippen LogP contribution < -0.4 is 0 Å². The Bertz CT molecular complexity index is 370. The molecule has 1 heterocycles. The smallest absolute Gasteiger partial charge is 0.326 e. The third-order valence-electron chi connectivity index (χ3n) is 3.12. The number of carbonyl (C=O) groups is 3. The van der Waals surface area contributed by atoms with Crippen LogP contribution in [0.1, 0.15) is 33.6 Å². The van der Waals surface area contributed by atoms with Gasteiger partial charge in [-0.15, -0.1) is 0 Å². The van der Waals surface area contributed by atoms with E-state index in [1.165, 1.54) is 23.6 Å². The first-order valence-electron chi connectivity index (χ1n) is 6.46. The highest BCUT2D eigenvalue weighted by molar-refractivity contribution is 8.13. The van der Waals surface area contributed by atoms with Gasteiger partial charge in [-0.2, -0.15) is 0 Å². The Morgan fingerprint density at radius 1 is 1.47 bits per heavy atom. The van der Waals surface area contributed by atoms with E-state index < -0.39 is 12.0 Å². The lowest BCUT2D eigenvalue weighted by Gasteiger charge is -2.26. The van der Waals surface area contributed by atoms with Gasteiger partial charge in [-0.1, -0.05) is 25.6 Å². The Labute approximate surface area is 117 Å². The van der Waals surface area contributed by atoms with Gasteiger partial charge in [-0.05, 0) is 18.3 Å². The van der Waals surface area contributed by atoms with E-state index in [1.807, 2.05) is 13.8 Å². The van der Waals surface area contributed by atoms with Crippen LogP contribution in [0, 0.1) is 11.8 Å². The molecule has 1 N–H and O–H groups in total. The van der Waals surface area contributed by atoms with Crippen molar-refractivity contribution in [2.24, 2.45) is 11.8 Å². The molecule has 1 aliphatic heterocycles. The number of rotatable bonds is 6. The minimum absolute atomic E-state index is 0.0304. The summed E-state index contributed by atoms with van der Waals surface area (Å²) in [5.41, 5.74) is 0. The topological polar surface area (TPSA) is 74.7 Å². The second-order valence-corrected chi connectivity index (χ2v) is 6.60. The zero-order valence-corrected chi connectivity index (χ0v) is 12.4. The highest BCUT2D eigenvalue weighted by atomic mass is 32.2. The summed E-state index contributed by atoms with van der Waals surface area (Å²) in [4.78, 5) is 35.6. The second kappa shape index (κ2) is 6.93. The average molecular weight is 287 g/mol. The van der Waals surface area contributed by atoms with Crippen LogP contribution in [0.15, 0.2) is 0 Å². The number of nitrogens with zero attached hydrogens (tertiary/aromatic N) is 1. The molecule has 1 amide bonds. The van der Waals surface area contributed by atoms with E-state index in [-0.39, 0.29) is 22.9 Å². The SMILES string of the molecule is CC(=O)SCC1CC(=O)N(C(CC(C)C)C(=O)O)C1. The van der Waals surface area contributed by atoms with E-state index in [2.05, 4.69) is 0 Å². The van der Waals surface area contributed by atoms with Gasteiger partial charge in [0.1, 0.15) is 6.04 Å². The van der Waals surface area contributed by atoms with Gasteiger partial charge in [-0.3, -0.25) is 9.59 Å². The molecule has 0 spiro atoms. The maximum absolute atomic E-state index is 11.9. The third-order valence-corrected chi connectivity index (χ3v) is 4.16. The van der Waals surface area contributed by atoms with E-state index in [9.17, 15) is 19.5 Å². The fourth-order valence-corrected chi connectivity index (χ4v) is 2.96. The Kier molecular flexibility index (Phi) is 5.85. The van der Waals surface area contributed by atoms with Crippen molar-refractivity contribution in [3.63, 3.8) is 0 Å². The summed E-state index contributed by atoms with van der Waals surface area (Å²) in [6, 6.07) is -0.736. The monoisotopic (exact) mass is 287 g/mol. The molecule has 0 aliphatic carbocycles. The van der Waals surface area contributed by atoms with Crippen LogP contribution in [-0.4, -0.2) is 45.3 Å². The first-order valence-corrected chi connectivity index (χ1v) is 7.45. The summed E-state index contributed by atoms with van der Waals surface area (Å²) in [6.07, 6.45) is 0.815. The van der Waals surface area contributed by atoms with Gasteiger partial charge in [0, 0.05) is 25.6 Å². The van der Waals surface area contributed by atoms with Crippen LogP contribution in [-0.2, 0) is 14.4 Å². The molecule has 0 aromatic rings. The number of thioether (sulfide) groups is 1. The first kappa shape index (κ1) is 16.0. The van der Waals surface area contributed by atoms with E-state index in [0.717, 1.165) is 0 Å². The second-order valence-electron chi connectivity index (χ2n) is 5.40. The quantitative estimate of drug-likeness (QED) is 0.803. The average Bonchev–Trinajstić information content (AvgIpc) is 2.64. The van der Waals surface area contributed by atoms with Gasteiger partial charge >= 0.3 is 5.97 Å². The van der Waals surface area contributed by atoms with Gasteiger partial charge in [0.2, 0.25) is 5.91 Å². The molecule has 2 atom stereocenters. The molecule has 1 saturated heterocycles. The molecular weight excluding hydrogens is 266 g/mol. The van der Waals surface area contributed by atoms with Crippen molar-refractivity contribution in [2.45, 2.75) is 39.7 Å². The Morgan fingerprint density at radius 2 is 2.11 bits per heavy atom. The van der Waals surface area contributed by atoms with Crippen molar-refractivity contribution in [1.29, 1.82) is 0 Å². The molecule has 108 valence electrons. The van der Waals surface area contributed by atoms with E-state index in [0.29, 0.717) is 25.1 Å². The largest absolute Gasteiger partial charge is 0.480 e. The van der Waals surface area contributed by atoms with Crippen molar-refractivity contribution in [3.05, 3.63) is 0 Å². The highest BCUT2D eigenvalue weighted by Gasteiger charge is 2.37. The summed E-state index contributed by atoms with van der Waals surface area (Å²) in [5, 5.41) is 9.28. The number of aliphatic carboxylic acids is 1. The minimum atomic E-state index is -0.943. The summed E-state index contributed by atoms with van der Waals surface area (Å²) in [6.45, 7) is 5.83. The molecule has 0 saturated carbocycles. The molecule has 2 unspecified atom stereocenters. The molecule has 0 aromatic carbocycles. The number of carbonyl (C=O) groups excluding carboxylic acids is 2. The van der Waals surface area contributed by atoms with Crippen LogP contribution >= 0.6 is 11.8 Å². The molecule has 1 fully saturated rings. The van der Waals surface area contributed by atoms with E-state index >= 15 is 0 Å². The molecule has 0 radical (unpaired) electrons. The molecule has 19 heavy (non-hydrogen) atoms. The van der Waals surface area contributed by atoms with Crippen molar-refractivity contribution < 1.29 is 19.5 Å². The zero-order chi connectivity index (χ0) is 14.6. The van der Waals surface area contributed by atoms with Gasteiger partial charge < -0.3 is 10.0 Å². The predicted molar refractivity (Wildman–Crippen MR) is 73.8 cm³/mol. The number of hydrogen-bond donors (Lipinski definition) is 1. The molecule has 0 aromatic heterocycles. The van der Waals surface area contributed by atoms with Gasteiger partial charge in [0.15, 0.2) is 5.12 Å². The van der Waals surface area contributed by atoms with Crippen LogP contribution in [0.4, 0.5) is 0 Å². The minimum Gasteiger partial charge on any atom is -0.480 e. The summed E-state index contributed by atoms with van der Waals surface area (Å²) >= 11 is 1.20. The van der Waals surface area contributed by atoms with Gasteiger partial charge in [0.25, 0.3) is 0 Å². The lowest BCUT2D eigenvalue weighted by molar-refractivity contribution is -0.149. The van der Waals surface area contributed by atoms with Crippen LogP contribution in [0.3, 0.4) is 0 Å². The standard InChI is InChI=1S/C13H21NO4S/c1-8(2)4-11(13(17)18)14-6-10(5-12(14)16)7-19-9(3)15/h8,10-11H,4-7H2,1-3H3,(H,17,18). The van der Waals surface area contributed by atoms with Crippen molar-refractivity contribution >= 4 is 28.8 Å². The molecule has 1 aliphatic rings. The molecule has 6 heteroatoms. The maximum Gasteiger partial charge on any atom is 0.326 e. The van der Waals surface area contributed by atoms with Crippen LogP contribution in [0.5, 0.6) is 0 Å². The van der Waals surface area contributed by atoms with Gasteiger partial charge in [-0.25, -0.2) is 4.79 Å². The fourth-order valence-electron chi connectivity index (χ4n) is 2.26. The number of carboxylic acid groups (broad SMARTS) is 1. The van der Waals surface area contributed by atoms with Gasteiger partial charge in [0.05, 0.1) is 0 Å². The number of hydrogen-bond acceptors (Lipinski definition) is 4. The van der Waals surface area contributed by atoms with Crippen LogP contribution in [0.2, 0.25) is 0 Å². The predicted octanol–water partition coefficient (Wildman–Crippen LogP) is 1.61. The summed E-state index contributed by atoms with van der Waals surface area (Å²) in [7, 11) is 0. The number of carboxylic acids is 1. The van der Waals surface area contributed by atoms with Crippen molar-refractivity contribution in [1.82, 2.24) is 4.90 Å². The van der Waals surface area contributed by atoms with E-state index in [1.54, 1.807) is 0 Å². The fraction of sp³-hybridized carbons (Fsp3) is 0.769. The molecule has 0 bridgehead atoms. The summed E-state index contributed by atoms with van der Waals surface area (Å²) < 4.78 is 0. The lowest BCUT2D eigenvalue weighted by Crippen LogP contribution is -2.43. The Morgan fingerprint density at radius 3 is 2.58 bits per heavy atom. The molecule has 1 rings (SSSR count). The van der Waals surface area contributed by atoms with Crippen molar-refractivity contribution in [2.75, 3.05) is 12.3 Å². The maximum atomic E-state index is 11.9.